The minimum Gasteiger partial charge on any atom is -0.0622 e. The molecule has 8 rings (SSSR count). The van der Waals surface area contributed by atoms with E-state index in [1.807, 2.05) is 0 Å². The molecule has 4 atom stereocenters. The SMILES string of the molecule is CC12CC3C4CC5(c6ccccc6)CC3(C)C(C1)C(C)(C5)C4C2. The van der Waals surface area contributed by atoms with Crippen LogP contribution < -0.4 is 0 Å². The quantitative estimate of drug-likeness (QED) is 0.613. The smallest absolute Gasteiger partial charge is 0.00334 e. The molecule has 7 aliphatic rings. The first kappa shape index (κ1) is 13.5. The summed E-state index contributed by atoms with van der Waals surface area (Å²) in [5.74, 6) is 4.11. The Kier molecular flexibility index (Phi) is 2.10. The summed E-state index contributed by atoms with van der Waals surface area (Å²) in [6.45, 7) is 8.05. The summed E-state index contributed by atoms with van der Waals surface area (Å²) in [6, 6.07) is 11.6. The van der Waals surface area contributed by atoms with Crippen molar-refractivity contribution in [1.82, 2.24) is 0 Å². The normalized spacial score (nSPS) is 61.3. The molecule has 0 amide bonds. The van der Waals surface area contributed by atoms with Gasteiger partial charge in [-0.25, -0.2) is 0 Å². The molecule has 122 valence electrons. The first-order chi connectivity index (χ1) is 10.9. The van der Waals surface area contributed by atoms with Crippen LogP contribution in [0.5, 0.6) is 0 Å². The van der Waals surface area contributed by atoms with Crippen molar-refractivity contribution in [3.8, 4) is 0 Å². The van der Waals surface area contributed by atoms with Crippen LogP contribution >= 0.6 is 0 Å². The highest BCUT2D eigenvalue weighted by Gasteiger charge is 2.77. The molecule has 0 heteroatoms. The molecule has 0 saturated heterocycles. The van der Waals surface area contributed by atoms with E-state index >= 15 is 0 Å². The fraction of sp³-hybridized carbons (Fsp3) is 0.739. The summed E-state index contributed by atoms with van der Waals surface area (Å²) in [5.41, 5.74) is 4.12. The van der Waals surface area contributed by atoms with Gasteiger partial charge in [-0.2, -0.15) is 0 Å². The van der Waals surface area contributed by atoms with E-state index in [0.717, 1.165) is 23.7 Å². The molecule has 0 heterocycles. The third kappa shape index (κ3) is 1.31. The van der Waals surface area contributed by atoms with E-state index in [1.165, 1.54) is 25.7 Å². The van der Waals surface area contributed by atoms with Gasteiger partial charge < -0.3 is 0 Å². The minimum atomic E-state index is 0.504. The third-order valence-electron chi connectivity index (χ3n) is 9.89. The van der Waals surface area contributed by atoms with Crippen LogP contribution in [-0.2, 0) is 5.41 Å². The van der Waals surface area contributed by atoms with Crippen LogP contribution in [-0.4, -0.2) is 0 Å². The van der Waals surface area contributed by atoms with E-state index in [1.54, 1.807) is 18.4 Å². The molecule has 0 radical (unpaired) electrons. The highest BCUT2D eigenvalue weighted by Crippen LogP contribution is 2.84. The first-order valence-electron chi connectivity index (χ1n) is 9.94. The topological polar surface area (TPSA) is 0 Å². The standard InChI is InChI=1S/C23H30/c1-20-10-17-16-9-23(15-7-5-4-6-8-15)13-21(17,2)19(12-20)22(3,14-23)18(16)11-20/h4-8,16-19H,9-14H2,1-3H3. The zero-order valence-corrected chi connectivity index (χ0v) is 14.9. The number of rotatable bonds is 1. The largest absolute Gasteiger partial charge is 0.0622 e. The highest BCUT2D eigenvalue weighted by molar-refractivity contribution is 5.36. The molecule has 0 aliphatic heterocycles. The maximum absolute atomic E-state index is 2.71. The van der Waals surface area contributed by atoms with Gasteiger partial charge in [0.2, 0.25) is 0 Å². The van der Waals surface area contributed by atoms with E-state index in [9.17, 15) is 0 Å². The average Bonchev–Trinajstić information content (AvgIpc) is 2.53. The van der Waals surface area contributed by atoms with Gasteiger partial charge in [0.05, 0.1) is 0 Å². The Morgan fingerprint density at radius 3 is 2.00 bits per heavy atom. The van der Waals surface area contributed by atoms with Gasteiger partial charge in [-0.1, -0.05) is 51.1 Å². The van der Waals surface area contributed by atoms with Crippen LogP contribution in [0.1, 0.15) is 64.9 Å². The molecule has 0 N–H and O–H groups in total. The highest BCUT2D eigenvalue weighted by atomic mass is 14.8. The maximum atomic E-state index is 2.71. The molecule has 0 aromatic heterocycles. The monoisotopic (exact) mass is 306 g/mol. The van der Waals surface area contributed by atoms with Crippen molar-refractivity contribution >= 4 is 0 Å². The zero-order chi connectivity index (χ0) is 15.7. The Morgan fingerprint density at radius 1 is 0.783 bits per heavy atom. The van der Waals surface area contributed by atoms with Crippen LogP contribution in [0, 0.1) is 39.9 Å². The van der Waals surface area contributed by atoms with Crippen molar-refractivity contribution in [2.75, 3.05) is 0 Å². The van der Waals surface area contributed by atoms with Gasteiger partial charge in [0.15, 0.2) is 0 Å². The summed E-state index contributed by atoms with van der Waals surface area (Å²) in [5, 5.41) is 0. The second-order valence-electron chi connectivity index (χ2n) is 11.1. The van der Waals surface area contributed by atoms with E-state index in [4.69, 9.17) is 0 Å². The van der Waals surface area contributed by atoms with Crippen molar-refractivity contribution < 1.29 is 0 Å². The van der Waals surface area contributed by atoms with Crippen molar-refractivity contribution in [3.63, 3.8) is 0 Å². The molecular formula is C23H30. The predicted octanol–water partition coefficient (Wildman–Crippen LogP) is 5.82. The van der Waals surface area contributed by atoms with E-state index < -0.39 is 0 Å². The molecule has 23 heavy (non-hydrogen) atoms. The first-order valence-corrected chi connectivity index (χ1v) is 9.94. The van der Waals surface area contributed by atoms with Gasteiger partial charge in [0.25, 0.3) is 0 Å². The lowest BCUT2D eigenvalue weighted by atomic mass is 9.23. The second kappa shape index (κ2) is 3.58. The van der Waals surface area contributed by atoms with Crippen molar-refractivity contribution in [2.45, 2.75) is 64.7 Å². The van der Waals surface area contributed by atoms with Crippen molar-refractivity contribution in [1.29, 1.82) is 0 Å². The summed E-state index contributed by atoms with van der Waals surface area (Å²) >= 11 is 0. The molecule has 7 fully saturated rings. The Hall–Kier alpha value is -0.780. The molecule has 0 spiro atoms. The molecule has 4 unspecified atom stereocenters. The van der Waals surface area contributed by atoms with Gasteiger partial charge in [-0.3, -0.25) is 0 Å². The van der Waals surface area contributed by atoms with E-state index in [2.05, 4.69) is 51.1 Å². The molecule has 7 aliphatic carbocycles. The van der Waals surface area contributed by atoms with Crippen molar-refractivity contribution in [2.24, 2.45) is 39.9 Å². The maximum Gasteiger partial charge on any atom is -0.00334 e. The van der Waals surface area contributed by atoms with Gasteiger partial charge in [0.1, 0.15) is 0 Å². The van der Waals surface area contributed by atoms with Gasteiger partial charge in [0, 0.05) is 0 Å². The Labute approximate surface area is 141 Å². The van der Waals surface area contributed by atoms with Gasteiger partial charge >= 0.3 is 0 Å². The van der Waals surface area contributed by atoms with Crippen LogP contribution in [0.3, 0.4) is 0 Å². The fourth-order valence-corrected chi connectivity index (χ4v) is 9.59. The van der Waals surface area contributed by atoms with Gasteiger partial charge in [-0.05, 0) is 89.4 Å². The third-order valence-corrected chi connectivity index (χ3v) is 9.89. The van der Waals surface area contributed by atoms with Crippen LogP contribution in [0.4, 0.5) is 0 Å². The lowest BCUT2D eigenvalue weighted by Gasteiger charge is -2.82. The van der Waals surface area contributed by atoms with Gasteiger partial charge in [-0.15, -0.1) is 0 Å². The minimum absolute atomic E-state index is 0.504. The Balaban J connectivity index is 1.56. The Bertz CT molecular complexity index is 657. The molecule has 0 nitrogen and oxygen atoms in total. The molecule has 8 bridgehead atoms. The van der Waals surface area contributed by atoms with Crippen molar-refractivity contribution in [3.05, 3.63) is 35.9 Å². The van der Waals surface area contributed by atoms with E-state index in [0.29, 0.717) is 21.7 Å². The van der Waals surface area contributed by atoms with E-state index in [-0.39, 0.29) is 0 Å². The number of hydrogen-bond donors (Lipinski definition) is 0. The van der Waals surface area contributed by atoms with Crippen LogP contribution in [0.2, 0.25) is 0 Å². The van der Waals surface area contributed by atoms with Crippen LogP contribution in [0.25, 0.3) is 0 Å². The zero-order valence-electron chi connectivity index (χ0n) is 14.9. The molecule has 1 aromatic carbocycles. The summed E-state index contributed by atoms with van der Waals surface area (Å²) in [7, 11) is 0. The lowest BCUT2D eigenvalue weighted by molar-refractivity contribution is -0.314. The molecule has 7 saturated carbocycles. The number of hydrogen-bond acceptors (Lipinski definition) is 0. The fourth-order valence-electron chi connectivity index (χ4n) is 9.59. The Morgan fingerprint density at radius 2 is 1.39 bits per heavy atom. The predicted molar refractivity (Wildman–Crippen MR) is 94.1 cm³/mol. The summed E-state index contributed by atoms with van der Waals surface area (Å²) in [4.78, 5) is 0. The lowest BCUT2D eigenvalue weighted by Crippen LogP contribution is -2.75. The summed E-state index contributed by atoms with van der Waals surface area (Å²) in [6.07, 6.45) is 9.08. The second-order valence-corrected chi connectivity index (χ2v) is 11.1. The van der Waals surface area contributed by atoms with Crippen LogP contribution in [0.15, 0.2) is 30.3 Å². The molecular weight excluding hydrogens is 276 g/mol. The summed E-state index contributed by atoms with van der Waals surface area (Å²) < 4.78 is 0. The average molecular weight is 306 g/mol. The molecule has 1 aromatic rings. The number of benzene rings is 1.